The van der Waals surface area contributed by atoms with E-state index >= 15 is 0 Å². The van der Waals surface area contributed by atoms with Crippen LogP contribution in [-0.4, -0.2) is 99.6 Å². The minimum atomic E-state index is -1.62. The zero-order chi connectivity index (χ0) is 60.3. The summed E-state index contributed by atoms with van der Waals surface area (Å²) in [5.41, 5.74) is 0. The Morgan fingerprint density at radius 1 is 0.482 bits per heavy atom. The molecule has 1 heterocycles. The van der Waals surface area contributed by atoms with Gasteiger partial charge in [0.05, 0.1) is 25.4 Å². The molecule has 1 fully saturated rings. The Hall–Kier alpha value is -3.16. The predicted octanol–water partition coefficient (Wildman–Crippen LogP) is 17.3. The number of rotatable bonds is 58. The molecule has 8 atom stereocenters. The van der Waals surface area contributed by atoms with E-state index in [0.29, 0.717) is 12.8 Å². The fraction of sp³-hybridized carbons (Fsp3) is 0.778. The smallest absolute Gasteiger partial charge is 0.306 e. The Balaban J connectivity index is 2.66. The van der Waals surface area contributed by atoms with Crippen LogP contribution in [0, 0.1) is 0 Å². The van der Waals surface area contributed by atoms with Gasteiger partial charge in [0.25, 0.3) is 0 Å². The van der Waals surface area contributed by atoms with Gasteiger partial charge in [-0.05, 0) is 77.0 Å². The molecule has 1 aliphatic rings. The minimum Gasteiger partial charge on any atom is -0.454 e. The zero-order valence-corrected chi connectivity index (χ0v) is 53.3. The van der Waals surface area contributed by atoms with Crippen LogP contribution in [0.4, 0.5) is 0 Å². The fourth-order valence-electron chi connectivity index (χ4n) is 10.4. The highest BCUT2D eigenvalue weighted by Crippen LogP contribution is 2.26. The average Bonchev–Trinajstić information content (AvgIpc) is 3.54. The predicted molar refractivity (Wildman–Crippen MR) is 347 cm³/mol. The molecule has 1 amide bonds. The number of hydrogen-bond donors (Lipinski definition) is 6. The van der Waals surface area contributed by atoms with Crippen molar-refractivity contribution in [3.05, 3.63) is 85.1 Å². The first kappa shape index (κ1) is 77.9. The molecule has 0 saturated carbocycles. The molecule has 0 aromatic carbocycles. The minimum absolute atomic E-state index is 0.121. The Kier molecular flexibility index (Phi) is 55.5. The maximum Gasteiger partial charge on any atom is 0.306 e. The SMILES string of the molecule is CC/C=C\C/C=C\C/C=C\C/C=C\C/C=C\C/C=C\CCCCCC(O)C(=O)NC(COC1OC(CO)C(O)C(O)C1OC(=O)CCCCCCCCCCCCCCCCCCCCC)C(O)/C=C/CCCCCCCCCCCCC. The third kappa shape index (κ3) is 46.7. The van der Waals surface area contributed by atoms with Crippen LogP contribution in [0.3, 0.4) is 0 Å². The van der Waals surface area contributed by atoms with Crippen molar-refractivity contribution in [2.24, 2.45) is 0 Å². The van der Waals surface area contributed by atoms with Crippen LogP contribution < -0.4 is 5.32 Å². The molecule has 1 saturated heterocycles. The molecule has 6 N–H and O–H groups in total. The highest BCUT2D eigenvalue weighted by Gasteiger charge is 2.47. The van der Waals surface area contributed by atoms with E-state index in [-0.39, 0.29) is 19.4 Å². The summed E-state index contributed by atoms with van der Waals surface area (Å²) in [4.78, 5) is 26.6. The quantitative estimate of drug-likeness (QED) is 0.0195. The highest BCUT2D eigenvalue weighted by molar-refractivity contribution is 5.80. The lowest BCUT2D eigenvalue weighted by molar-refractivity contribution is -0.305. The second kappa shape index (κ2) is 59.2. The number of hydrogen-bond acceptors (Lipinski definition) is 10. The molecule has 0 aromatic rings. The first-order valence-electron chi connectivity index (χ1n) is 34.4. The number of unbranched alkanes of at least 4 members (excludes halogenated alkanes) is 32. The molecule has 1 aliphatic heterocycles. The molecule has 83 heavy (non-hydrogen) atoms. The van der Waals surface area contributed by atoms with Gasteiger partial charge in [-0.2, -0.15) is 0 Å². The molecule has 11 heteroatoms. The van der Waals surface area contributed by atoms with E-state index in [2.05, 4.69) is 99.0 Å². The number of carbonyl (C=O) groups excluding carboxylic acids is 2. The summed E-state index contributed by atoms with van der Waals surface area (Å²) in [6, 6.07) is -1.04. The summed E-state index contributed by atoms with van der Waals surface area (Å²) < 4.78 is 17.7. The lowest BCUT2D eigenvalue weighted by Crippen LogP contribution is -2.61. The van der Waals surface area contributed by atoms with Gasteiger partial charge >= 0.3 is 5.97 Å². The third-order valence-electron chi connectivity index (χ3n) is 15.8. The Bertz CT molecular complexity index is 1670. The lowest BCUT2D eigenvalue weighted by atomic mass is 9.99. The number of carbonyl (C=O) groups is 2. The summed E-state index contributed by atoms with van der Waals surface area (Å²) in [6.07, 6.45) is 67.6. The van der Waals surface area contributed by atoms with E-state index in [1.165, 1.54) is 154 Å². The Labute approximate surface area is 508 Å². The second-order valence-corrected chi connectivity index (χ2v) is 23.5. The molecule has 0 radical (unpaired) electrons. The molecular weight excluding hydrogens is 1040 g/mol. The monoisotopic (exact) mass is 1170 g/mol. The van der Waals surface area contributed by atoms with Crippen molar-refractivity contribution < 1.29 is 49.3 Å². The van der Waals surface area contributed by atoms with Crippen molar-refractivity contribution in [3.63, 3.8) is 0 Å². The fourth-order valence-corrected chi connectivity index (χ4v) is 10.4. The van der Waals surface area contributed by atoms with Gasteiger partial charge < -0.3 is 45.1 Å². The normalized spacial score (nSPS) is 19.1. The third-order valence-corrected chi connectivity index (χ3v) is 15.8. The molecule has 0 aliphatic carbocycles. The van der Waals surface area contributed by atoms with Crippen molar-refractivity contribution in [2.45, 2.75) is 346 Å². The van der Waals surface area contributed by atoms with Gasteiger partial charge in [-0.15, -0.1) is 0 Å². The van der Waals surface area contributed by atoms with E-state index in [1.807, 2.05) is 6.08 Å². The van der Waals surface area contributed by atoms with Crippen LogP contribution in [0.1, 0.15) is 297 Å². The van der Waals surface area contributed by atoms with Crippen LogP contribution in [-0.2, 0) is 23.8 Å². The van der Waals surface area contributed by atoms with E-state index in [4.69, 9.17) is 14.2 Å². The molecule has 480 valence electrons. The topological polar surface area (TPSA) is 175 Å². The van der Waals surface area contributed by atoms with Crippen LogP contribution >= 0.6 is 0 Å². The molecule has 0 bridgehead atoms. The van der Waals surface area contributed by atoms with Crippen molar-refractivity contribution >= 4 is 11.9 Å². The average molecular weight is 1170 g/mol. The standard InChI is InChI=1S/C72H127NO10/c1-4-7-10-13-16-19-22-25-27-29-31-32-33-35-36-38-41-44-47-50-53-56-59-65(76)71(80)73-63(64(75)58-55-52-49-46-43-40-24-21-18-15-12-9-6-3)62-81-72-70(69(79)68(78)66(61-74)82-72)83-67(77)60-57-54-51-48-45-42-39-37-34-30-28-26-23-20-17-14-11-8-5-2/h7,10,16,19,25,27,31-32,35-36,41,44,55,58,63-66,68-70,72,74-76,78-79H,4-6,8-9,11-15,17-18,20-24,26,28-30,33-34,37-40,42-43,45-54,56-57,59-62H2,1-3H3,(H,73,80)/b10-7-,19-16-,27-25-,32-31-,36-35-,44-41-,58-55+. The number of nitrogens with one attached hydrogen (secondary N) is 1. The maximum absolute atomic E-state index is 13.5. The summed E-state index contributed by atoms with van der Waals surface area (Å²) in [5, 5.41) is 57.2. The zero-order valence-electron chi connectivity index (χ0n) is 53.3. The van der Waals surface area contributed by atoms with Crippen LogP contribution in [0.15, 0.2) is 85.1 Å². The number of ether oxygens (including phenoxy) is 3. The van der Waals surface area contributed by atoms with Crippen molar-refractivity contribution in [1.29, 1.82) is 0 Å². The van der Waals surface area contributed by atoms with E-state index in [0.717, 1.165) is 96.3 Å². The summed E-state index contributed by atoms with van der Waals surface area (Å²) >= 11 is 0. The van der Waals surface area contributed by atoms with Crippen molar-refractivity contribution in [3.8, 4) is 0 Å². The van der Waals surface area contributed by atoms with Gasteiger partial charge in [0.15, 0.2) is 12.4 Å². The first-order chi connectivity index (χ1) is 40.7. The number of amides is 1. The van der Waals surface area contributed by atoms with Gasteiger partial charge in [-0.25, -0.2) is 0 Å². The van der Waals surface area contributed by atoms with E-state index in [9.17, 15) is 35.1 Å². The van der Waals surface area contributed by atoms with Gasteiger partial charge in [-0.3, -0.25) is 9.59 Å². The molecule has 8 unspecified atom stereocenters. The van der Waals surface area contributed by atoms with Gasteiger partial charge in [0.1, 0.15) is 24.4 Å². The van der Waals surface area contributed by atoms with Gasteiger partial charge in [-0.1, -0.05) is 298 Å². The molecule has 11 nitrogen and oxygen atoms in total. The number of aliphatic hydroxyl groups is 5. The molecule has 0 aromatic heterocycles. The summed E-state index contributed by atoms with van der Waals surface area (Å²) in [6.45, 7) is 5.69. The highest BCUT2D eigenvalue weighted by atomic mass is 16.7. The number of allylic oxidation sites excluding steroid dienone is 13. The molecular formula is C72H127NO10. The largest absolute Gasteiger partial charge is 0.454 e. The molecule has 0 spiro atoms. The van der Waals surface area contributed by atoms with E-state index in [1.54, 1.807) is 6.08 Å². The van der Waals surface area contributed by atoms with Crippen LogP contribution in [0.5, 0.6) is 0 Å². The van der Waals surface area contributed by atoms with Crippen molar-refractivity contribution in [1.82, 2.24) is 5.32 Å². The van der Waals surface area contributed by atoms with Gasteiger partial charge in [0, 0.05) is 6.42 Å². The molecule has 1 rings (SSSR count). The number of esters is 1. The van der Waals surface area contributed by atoms with Crippen LogP contribution in [0.25, 0.3) is 0 Å². The number of aliphatic hydroxyl groups excluding tert-OH is 5. The summed E-state index contributed by atoms with van der Waals surface area (Å²) in [7, 11) is 0. The maximum atomic E-state index is 13.5. The second-order valence-electron chi connectivity index (χ2n) is 23.5. The van der Waals surface area contributed by atoms with Crippen molar-refractivity contribution in [2.75, 3.05) is 13.2 Å². The van der Waals surface area contributed by atoms with Gasteiger partial charge in [0.2, 0.25) is 5.91 Å². The Morgan fingerprint density at radius 3 is 1.30 bits per heavy atom. The summed E-state index contributed by atoms with van der Waals surface area (Å²) in [5.74, 6) is -1.22. The Morgan fingerprint density at radius 2 is 0.867 bits per heavy atom. The first-order valence-corrected chi connectivity index (χ1v) is 34.4. The van der Waals surface area contributed by atoms with E-state index < -0.39 is 67.4 Å². The van der Waals surface area contributed by atoms with Crippen LogP contribution in [0.2, 0.25) is 0 Å². The lowest BCUT2D eigenvalue weighted by Gasteiger charge is -2.41.